The zero-order chi connectivity index (χ0) is 42.0. The van der Waals surface area contributed by atoms with Gasteiger partial charge in [0.2, 0.25) is 21.8 Å². The van der Waals surface area contributed by atoms with Crippen LogP contribution in [0.3, 0.4) is 0 Å². The van der Waals surface area contributed by atoms with Crippen molar-refractivity contribution in [3.05, 3.63) is 72.1 Å². The second-order valence-corrected chi connectivity index (χ2v) is 20.6. The molecule has 4 heterocycles. The van der Waals surface area contributed by atoms with E-state index < -0.39 is 79.0 Å². The van der Waals surface area contributed by atoms with Crippen molar-refractivity contribution in [2.75, 3.05) is 6.54 Å². The van der Waals surface area contributed by atoms with Gasteiger partial charge in [-0.3, -0.25) is 19.1 Å². The molecule has 0 unspecified atom stereocenters. The third kappa shape index (κ3) is 8.02. The first-order valence-electron chi connectivity index (χ1n) is 20.7. The van der Waals surface area contributed by atoms with Crippen molar-refractivity contribution in [1.82, 2.24) is 30.6 Å². The van der Waals surface area contributed by atoms with E-state index in [1.807, 2.05) is 57.2 Å². The van der Waals surface area contributed by atoms with Crippen molar-refractivity contribution in [3.63, 3.8) is 0 Å². The van der Waals surface area contributed by atoms with Crippen molar-refractivity contribution in [2.24, 2.45) is 5.92 Å². The van der Waals surface area contributed by atoms with Crippen molar-refractivity contribution < 1.29 is 36.7 Å². The summed E-state index contributed by atoms with van der Waals surface area (Å²) in [7, 11) is -4.02. The van der Waals surface area contributed by atoms with Gasteiger partial charge in [0.05, 0.1) is 16.8 Å². The molecular weight excluding hydrogens is 776 g/mol. The number of allylic oxidation sites excluding steroid dienone is 1. The van der Waals surface area contributed by atoms with Crippen LogP contribution < -0.4 is 25.4 Å². The maximum atomic E-state index is 14.9. The number of sulfonamides is 1. The first kappa shape index (κ1) is 40.7. The van der Waals surface area contributed by atoms with Gasteiger partial charge in [-0.25, -0.2) is 22.6 Å². The van der Waals surface area contributed by atoms with Crippen LogP contribution in [0.2, 0.25) is 0 Å². The van der Waals surface area contributed by atoms with Gasteiger partial charge < -0.3 is 25.6 Å². The van der Waals surface area contributed by atoms with Crippen LogP contribution in [0.15, 0.2) is 60.7 Å². The SMILES string of the molecule is CC(C)(C)NC(=O)N[C@H]1CCCCC/C=C\[C@@H]2C[C@@]2(C(=O)NS(=O)(=O)C2(C)CC2)NC(=O)[C@@H]2C[C@]3(CCc4c(c(-c5cccc(F)c5)nc5ccccc45)O3)CN2C1=O. The number of para-hydroxylation sites is 1. The Morgan fingerprint density at radius 1 is 1.02 bits per heavy atom. The number of pyridine rings is 1. The van der Waals surface area contributed by atoms with Gasteiger partial charge in [0.25, 0.3) is 5.91 Å². The fraction of sp³-hybridized carbons (Fsp3) is 0.523. The summed E-state index contributed by atoms with van der Waals surface area (Å²) in [6, 6.07) is 11.1. The second-order valence-electron chi connectivity index (χ2n) is 18.4. The number of amides is 5. The highest BCUT2D eigenvalue weighted by atomic mass is 32.2. The molecule has 59 heavy (non-hydrogen) atoms. The first-order chi connectivity index (χ1) is 27.9. The predicted molar refractivity (Wildman–Crippen MR) is 220 cm³/mol. The molecule has 2 aromatic carbocycles. The summed E-state index contributed by atoms with van der Waals surface area (Å²) in [6.07, 6.45) is 9.02. The third-order valence-electron chi connectivity index (χ3n) is 12.6. The number of aryl methyl sites for hydroxylation is 1. The Morgan fingerprint density at radius 2 is 1.80 bits per heavy atom. The van der Waals surface area contributed by atoms with Crippen molar-refractivity contribution in [2.45, 2.75) is 132 Å². The average Bonchev–Trinajstić information content (AvgIpc) is 4.07. The molecule has 1 spiro atoms. The number of ether oxygens (including phenoxy) is 1. The van der Waals surface area contributed by atoms with E-state index in [0.29, 0.717) is 62.0 Å². The highest BCUT2D eigenvalue weighted by molar-refractivity contribution is 7.91. The molecule has 3 aliphatic heterocycles. The molecule has 5 amide bonds. The molecule has 1 saturated heterocycles. The van der Waals surface area contributed by atoms with Crippen LogP contribution in [-0.2, 0) is 30.8 Å². The summed E-state index contributed by atoms with van der Waals surface area (Å²) < 4.78 is 49.5. The van der Waals surface area contributed by atoms with Gasteiger partial charge in [0.15, 0.2) is 0 Å². The van der Waals surface area contributed by atoms with E-state index >= 15 is 0 Å². The normalized spacial score (nSPS) is 28.4. The molecular formula is C44H53FN6O7S. The minimum Gasteiger partial charge on any atom is -0.483 e. The topological polar surface area (TPSA) is 176 Å². The Bertz CT molecular complexity index is 2360. The Hall–Kier alpha value is -5.05. The lowest BCUT2D eigenvalue weighted by Gasteiger charge is -2.37. The maximum absolute atomic E-state index is 14.9. The molecule has 314 valence electrons. The monoisotopic (exact) mass is 828 g/mol. The molecule has 1 aromatic heterocycles. The molecule has 15 heteroatoms. The number of urea groups is 1. The van der Waals surface area contributed by atoms with Crippen LogP contribution >= 0.6 is 0 Å². The molecule has 0 bridgehead atoms. The highest BCUT2D eigenvalue weighted by Gasteiger charge is 2.64. The van der Waals surface area contributed by atoms with Gasteiger partial charge in [0.1, 0.15) is 40.5 Å². The van der Waals surface area contributed by atoms with Crippen molar-refractivity contribution in [1.29, 1.82) is 0 Å². The number of hydrogen-bond donors (Lipinski definition) is 4. The molecule has 5 atom stereocenters. The number of halogens is 1. The molecule has 2 aliphatic carbocycles. The number of benzene rings is 2. The number of hydrogen-bond acceptors (Lipinski definition) is 8. The number of fused-ring (bicyclic) bond motifs is 5. The highest BCUT2D eigenvalue weighted by Crippen LogP contribution is 2.50. The predicted octanol–water partition coefficient (Wildman–Crippen LogP) is 5.57. The van der Waals surface area contributed by atoms with Crippen LogP contribution in [0.25, 0.3) is 22.2 Å². The Morgan fingerprint density at radius 3 is 2.54 bits per heavy atom. The van der Waals surface area contributed by atoms with Gasteiger partial charge in [-0.2, -0.15) is 0 Å². The summed E-state index contributed by atoms with van der Waals surface area (Å²) in [5.74, 6) is -2.35. The largest absolute Gasteiger partial charge is 0.483 e. The Kier molecular flexibility index (Phi) is 10.3. The molecule has 4 N–H and O–H groups in total. The van der Waals surface area contributed by atoms with E-state index in [2.05, 4.69) is 20.7 Å². The van der Waals surface area contributed by atoms with Crippen LogP contribution in [0, 0.1) is 11.7 Å². The van der Waals surface area contributed by atoms with Crippen molar-refractivity contribution in [3.8, 4) is 17.0 Å². The molecule has 5 aliphatic rings. The van der Waals surface area contributed by atoms with Crippen LogP contribution in [0.4, 0.5) is 9.18 Å². The van der Waals surface area contributed by atoms with E-state index in [0.717, 1.165) is 29.3 Å². The number of carbonyl (C=O) groups is 4. The van der Waals surface area contributed by atoms with Gasteiger partial charge in [-0.15, -0.1) is 0 Å². The van der Waals surface area contributed by atoms with E-state index in [-0.39, 0.29) is 19.4 Å². The standard InChI is InChI=1S/C44H53FN6O7S/c1-41(2,3)49-40(55)47-33-18-9-7-5-6-8-14-28-24-44(28,39(54)50-59(56,57)42(4)21-22-42)48-37(52)34-25-43(26-51(34)38(33)53)20-19-31-30-16-10-11-17-32(30)46-35(36(31)58-43)27-13-12-15-29(45)23-27/h8,10-17,23,28,33-34H,5-7,9,18-22,24-26H2,1-4H3,(H,48,52)(H,50,54)(H2,47,49,55)/b14-8-/t28-,33+,34+,43-,44-/m1/s1. The molecule has 2 saturated carbocycles. The van der Waals surface area contributed by atoms with E-state index in [9.17, 15) is 32.0 Å². The minimum absolute atomic E-state index is 0.0207. The van der Waals surface area contributed by atoms with E-state index in [4.69, 9.17) is 9.72 Å². The first-order valence-corrected chi connectivity index (χ1v) is 22.2. The zero-order valence-corrected chi connectivity index (χ0v) is 34.8. The smallest absolute Gasteiger partial charge is 0.315 e. The summed E-state index contributed by atoms with van der Waals surface area (Å²) >= 11 is 0. The summed E-state index contributed by atoms with van der Waals surface area (Å²) in [5.41, 5.74) is -0.694. The molecule has 8 rings (SSSR count). The summed E-state index contributed by atoms with van der Waals surface area (Å²) in [4.78, 5) is 63.5. The Labute approximate surface area is 344 Å². The number of rotatable bonds is 5. The Balaban J connectivity index is 1.18. The fourth-order valence-electron chi connectivity index (χ4n) is 8.85. The lowest BCUT2D eigenvalue weighted by atomic mass is 9.86. The third-order valence-corrected chi connectivity index (χ3v) is 14.8. The molecule has 0 radical (unpaired) electrons. The molecule has 3 fully saturated rings. The summed E-state index contributed by atoms with van der Waals surface area (Å²) in [5, 5.41) is 9.60. The maximum Gasteiger partial charge on any atom is 0.315 e. The number of nitrogens with one attached hydrogen (secondary N) is 4. The number of nitrogens with zero attached hydrogens (tertiary/aromatic N) is 2. The van der Waals surface area contributed by atoms with Gasteiger partial charge >= 0.3 is 6.03 Å². The van der Waals surface area contributed by atoms with Crippen molar-refractivity contribution >= 4 is 44.7 Å². The number of carbonyl (C=O) groups excluding carboxylic acids is 4. The number of aromatic nitrogens is 1. The van der Waals surface area contributed by atoms with Crippen LogP contribution in [-0.4, -0.2) is 82.1 Å². The quantitative estimate of drug-likeness (QED) is 0.242. The van der Waals surface area contributed by atoms with Crippen LogP contribution in [0.1, 0.15) is 97.5 Å². The zero-order valence-electron chi connectivity index (χ0n) is 34.0. The van der Waals surface area contributed by atoms with Gasteiger partial charge in [0, 0.05) is 34.4 Å². The van der Waals surface area contributed by atoms with E-state index in [1.165, 1.54) is 17.0 Å². The second kappa shape index (κ2) is 14.9. The molecule has 3 aromatic rings. The lowest BCUT2D eigenvalue weighted by Crippen LogP contribution is -2.59. The molecule has 13 nitrogen and oxygen atoms in total. The summed E-state index contributed by atoms with van der Waals surface area (Å²) in [6.45, 7) is 7.08. The minimum atomic E-state index is -4.02. The lowest BCUT2D eigenvalue weighted by molar-refractivity contribution is -0.141. The van der Waals surface area contributed by atoms with Crippen LogP contribution in [0.5, 0.6) is 5.75 Å². The average molecular weight is 829 g/mol. The van der Waals surface area contributed by atoms with Gasteiger partial charge in [-0.1, -0.05) is 55.3 Å². The van der Waals surface area contributed by atoms with Gasteiger partial charge in [-0.05, 0) is 97.3 Å². The van der Waals surface area contributed by atoms with E-state index in [1.54, 1.807) is 19.1 Å². The fourth-order valence-corrected chi connectivity index (χ4v) is 10.2.